The van der Waals surface area contributed by atoms with E-state index in [1.165, 1.54) is 11.3 Å². The van der Waals surface area contributed by atoms with E-state index in [-0.39, 0.29) is 11.9 Å². The van der Waals surface area contributed by atoms with Crippen molar-refractivity contribution in [2.24, 2.45) is 0 Å². The van der Waals surface area contributed by atoms with Crippen molar-refractivity contribution in [2.45, 2.75) is 32.2 Å². The summed E-state index contributed by atoms with van der Waals surface area (Å²) < 4.78 is 0. The number of H-pyrrole nitrogens is 1. The summed E-state index contributed by atoms with van der Waals surface area (Å²) >= 11 is 1.53. The van der Waals surface area contributed by atoms with Crippen molar-refractivity contribution in [2.75, 3.05) is 6.54 Å². The number of aryl methyl sites for hydroxylation is 1. The first-order valence-corrected chi connectivity index (χ1v) is 7.49. The third-order valence-electron chi connectivity index (χ3n) is 3.70. The van der Waals surface area contributed by atoms with E-state index < -0.39 is 0 Å². The zero-order chi connectivity index (χ0) is 13.2. The van der Waals surface area contributed by atoms with E-state index in [1.54, 1.807) is 6.20 Å². The molecule has 100 valence electrons. The first-order valence-electron chi connectivity index (χ1n) is 6.61. The number of nitrogens with one attached hydrogen (secondary N) is 1. The summed E-state index contributed by atoms with van der Waals surface area (Å²) in [6.07, 6.45) is 5.01. The van der Waals surface area contributed by atoms with E-state index in [9.17, 15) is 4.79 Å². The topological polar surface area (TPSA) is 49.0 Å². The largest absolute Gasteiger partial charge is 0.329 e. The minimum absolute atomic E-state index is 0.144. The molecule has 0 radical (unpaired) electrons. The predicted octanol–water partition coefficient (Wildman–Crippen LogP) is 3.15. The molecule has 0 bridgehead atoms. The van der Waals surface area contributed by atoms with Crippen molar-refractivity contribution < 1.29 is 4.79 Å². The van der Waals surface area contributed by atoms with Crippen molar-refractivity contribution in [1.29, 1.82) is 0 Å². The molecule has 1 unspecified atom stereocenters. The molecule has 2 aromatic heterocycles. The van der Waals surface area contributed by atoms with E-state index in [0.29, 0.717) is 0 Å². The van der Waals surface area contributed by atoms with E-state index in [2.05, 4.69) is 10.2 Å². The average molecular weight is 275 g/mol. The molecule has 0 aliphatic carbocycles. The Bertz CT molecular complexity index is 561. The minimum Gasteiger partial charge on any atom is -0.329 e. The maximum absolute atomic E-state index is 12.7. The molecule has 1 aliphatic heterocycles. The number of aromatic amines is 1. The Hall–Kier alpha value is -1.62. The highest BCUT2D eigenvalue weighted by molar-refractivity contribution is 7.12. The van der Waals surface area contributed by atoms with Crippen LogP contribution >= 0.6 is 11.3 Å². The standard InChI is InChI=1S/C14H17N3OS/c1-10-6-9-19-13(10)14(18)17-8-3-2-4-12(17)11-5-7-15-16-11/h5-7,9,12H,2-4,8H2,1H3,(H,15,16). The molecule has 0 aromatic carbocycles. The third-order valence-corrected chi connectivity index (χ3v) is 4.71. The Morgan fingerprint density at radius 1 is 1.47 bits per heavy atom. The number of likely N-dealkylation sites (tertiary alicyclic amines) is 1. The number of hydrogen-bond acceptors (Lipinski definition) is 3. The Balaban J connectivity index is 1.89. The fraction of sp³-hybridized carbons (Fsp3) is 0.429. The smallest absolute Gasteiger partial charge is 0.264 e. The van der Waals surface area contributed by atoms with Crippen LogP contribution in [0, 0.1) is 6.92 Å². The van der Waals surface area contributed by atoms with Crippen molar-refractivity contribution >= 4 is 17.2 Å². The SMILES string of the molecule is Cc1ccsc1C(=O)N1CCCCC1c1ccn[nH]1. The molecule has 1 atom stereocenters. The maximum atomic E-state index is 12.7. The van der Waals surface area contributed by atoms with Gasteiger partial charge < -0.3 is 4.90 Å². The first kappa shape index (κ1) is 12.4. The summed E-state index contributed by atoms with van der Waals surface area (Å²) in [7, 11) is 0. The summed E-state index contributed by atoms with van der Waals surface area (Å²) in [4.78, 5) is 15.6. The van der Waals surface area contributed by atoms with Gasteiger partial charge >= 0.3 is 0 Å². The number of amides is 1. The number of carbonyl (C=O) groups excluding carboxylic acids is 1. The van der Waals surface area contributed by atoms with Crippen LogP contribution in [0.5, 0.6) is 0 Å². The van der Waals surface area contributed by atoms with Crippen LogP contribution in [-0.4, -0.2) is 27.5 Å². The molecule has 3 heterocycles. The Kier molecular flexibility index (Phi) is 3.38. The van der Waals surface area contributed by atoms with Crippen molar-refractivity contribution in [1.82, 2.24) is 15.1 Å². The Morgan fingerprint density at radius 3 is 3.05 bits per heavy atom. The van der Waals surface area contributed by atoms with Gasteiger partial charge in [0.05, 0.1) is 16.6 Å². The van der Waals surface area contributed by atoms with Gasteiger partial charge in [0.15, 0.2) is 0 Å². The van der Waals surface area contributed by atoms with Crippen molar-refractivity contribution in [3.05, 3.63) is 39.8 Å². The molecule has 1 N–H and O–H groups in total. The Morgan fingerprint density at radius 2 is 2.37 bits per heavy atom. The molecule has 19 heavy (non-hydrogen) atoms. The number of hydrogen-bond donors (Lipinski definition) is 1. The van der Waals surface area contributed by atoms with Gasteiger partial charge in [-0.3, -0.25) is 9.89 Å². The van der Waals surface area contributed by atoms with Crippen LogP contribution in [0.1, 0.15) is 46.2 Å². The van der Waals surface area contributed by atoms with E-state index >= 15 is 0 Å². The van der Waals surface area contributed by atoms with E-state index in [1.807, 2.05) is 29.3 Å². The monoisotopic (exact) mass is 275 g/mol. The van der Waals surface area contributed by atoms with Gasteiger partial charge in [-0.15, -0.1) is 11.3 Å². The predicted molar refractivity (Wildman–Crippen MR) is 75.3 cm³/mol. The van der Waals surface area contributed by atoms with Crippen LogP contribution in [0.15, 0.2) is 23.7 Å². The van der Waals surface area contributed by atoms with Crippen LogP contribution in [0.25, 0.3) is 0 Å². The van der Waals surface area contributed by atoms with Crippen molar-refractivity contribution in [3.8, 4) is 0 Å². The highest BCUT2D eigenvalue weighted by atomic mass is 32.1. The molecular formula is C14H17N3OS. The first-order chi connectivity index (χ1) is 9.27. The molecule has 1 amide bonds. The second-order valence-corrected chi connectivity index (χ2v) is 5.87. The summed E-state index contributed by atoms with van der Waals surface area (Å²) in [5, 5.41) is 9.01. The third kappa shape index (κ3) is 2.30. The molecule has 0 saturated carbocycles. The van der Waals surface area contributed by atoms with Crippen LogP contribution < -0.4 is 0 Å². The number of rotatable bonds is 2. The lowest BCUT2D eigenvalue weighted by Crippen LogP contribution is -2.38. The number of aromatic nitrogens is 2. The van der Waals surface area contributed by atoms with E-state index in [4.69, 9.17) is 0 Å². The minimum atomic E-state index is 0.144. The molecule has 0 spiro atoms. The van der Waals surface area contributed by atoms with Gasteiger partial charge in [0.2, 0.25) is 0 Å². The lowest BCUT2D eigenvalue weighted by Gasteiger charge is -2.35. The molecule has 1 fully saturated rings. The summed E-state index contributed by atoms with van der Waals surface area (Å²) in [5.41, 5.74) is 2.12. The average Bonchev–Trinajstić information content (AvgIpc) is 3.09. The quantitative estimate of drug-likeness (QED) is 0.915. The molecule has 1 saturated heterocycles. The molecule has 1 aliphatic rings. The van der Waals surface area contributed by atoms with Gasteiger partial charge in [0.25, 0.3) is 5.91 Å². The number of thiophene rings is 1. The second-order valence-electron chi connectivity index (χ2n) is 4.95. The zero-order valence-corrected chi connectivity index (χ0v) is 11.7. The van der Waals surface area contributed by atoms with E-state index in [0.717, 1.165) is 41.9 Å². The van der Waals surface area contributed by atoms with Crippen molar-refractivity contribution in [3.63, 3.8) is 0 Å². The number of piperidine rings is 1. The van der Waals surface area contributed by atoms with Gasteiger partial charge in [-0.1, -0.05) is 0 Å². The van der Waals surface area contributed by atoms with Crippen LogP contribution in [-0.2, 0) is 0 Å². The number of nitrogens with zero attached hydrogens (tertiary/aromatic N) is 2. The molecule has 2 aromatic rings. The summed E-state index contributed by atoms with van der Waals surface area (Å²) in [6.45, 7) is 2.83. The maximum Gasteiger partial charge on any atom is 0.264 e. The fourth-order valence-corrected chi connectivity index (χ4v) is 3.55. The van der Waals surface area contributed by atoms with Crippen LogP contribution in [0.4, 0.5) is 0 Å². The van der Waals surface area contributed by atoms with Crippen LogP contribution in [0.3, 0.4) is 0 Å². The van der Waals surface area contributed by atoms with Gasteiger partial charge in [-0.2, -0.15) is 5.10 Å². The molecule has 4 nitrogen and oxygen atoms in total. The van der Waals surface area contributed by atoms with Gasteiger partial charge in [-0.05, 0) is 49.3 Å². The van der Waals surface area contributed by atoms with Gasteiger partial charge in [0, 0.05) is 12.7 Å². The molecule has 5 heteroatoms. The summed E-state index contributed by atoms with van der Waals surface area (Å²) in [6, 6.07) is 4.12. The molecular weight excluding hydrogens is 258 g/mol. The second kappa shape index (κ2) is 5.17. The van der Waals surface area contributed by atoms with Gasteiger partial charge in [-0.25, -0.2) is 0 Å². The highest BCUT2D eigenvalue weighted by Crippen LogP contribution is 2.32. The fourth-order valence-electron chi connectivity index (χ4n) is 2.67. The highest BCUT2D eigenvalue weighted by Gasteiger charge is 2.30. The lowest BCUT2D eigenvalue weighted by atomic mass is 9.99. The lowest BCUT2D eigenvalue weighted by molar-refractivity contribution is 0.0610. The normalized spacial score (nSPS) is 19.6. The summed E-state index contributed by atoms with van der Waals surface area (Å²) in [5.74, 6) is 0.159. The Labute approximate surface area is 116 Å². The number of carbonyl (C=O) groups is 1. The van der Waals surface area contributed by atoms with Crippen LogP contribution in [0.2, 0.25) is 0 Å². The zero-order valence-electron chi connectivity index (χ0n) is 10.9. The van der Waals surface area contributed by atoms with Gasteiger partial charge in [0.1, 0.15) is 0 Å². The molecule has 3 rings (SSSR count).